The molecule has 0 saturated heterocycles. The molecule has 0 aliphatic rings. The highest BCUT2D eigenvalue weighted by atomic mass is 16.5. The molecule has 0 fully saturated rings. The van der Waals surface area contributed by atoms with Gasteiger partial charge in [-0.25, -0.2) is 0 Å². The predicted molar refractivity (Wildman–Crippen MR) is 75.5 cm³/mol. The maximum Gasteiger partial charge on any atom is 0.0701 e. The van der Waals surface area contributed by atoms with Crippen LogP contribution in [0.1, 0.15) is 32.6 Å². The van der Waals surface area contributed by atoms with Gasteiger partial charge in [-0.3, -0.25) is 0 Å². The first-order valence-electron chi connectivity index (χ1n) is 6.55. The van der Waals surface area contributed by atoms with Crippen LogP contribution in [0.5, 0.6) is 0 Å². The normalized spacial score (nSPS) is 13.5. The van der Waals surface area contributed by atoms with Crippen LogP contribution in [0.3, 0.4) is 0 Å². The lowest BCUT2D eigenvalue weighted by Crippen LogP contribution is -2.16. The molecule has 104 valence electrons. The summed E-state index contributed by atoms with van der Waals surface area (Å²) in [5.41, 5.74) is 1.06. The first-order valence-corrected chi connectivity index (χ1v) is 6.55. The molecule has 0 aliphatic carbocycles. The summed E-state index contributed by atoms with van der Waals surface area (Å²) in [5.74, 6) is 0. The highest BCUT2D eigenvalue weighted by Crippen LogP contribution is 2.14. The Kier molecular flexibility index (Phi) is 11.9. The SMILES string of the molecule is C=C(/C=C\C=C/C)CCC(CCCO)OCCO. The average molecular weight is 254 g/mol. The topological polar surface area (TPSA) is 49.7 Å². The summed E-state index contributed by atoms with van der Waals surface area (Å²) in [6.45, 7) is 6.54. The van der Waals surface area contributed by atoms with Crippen molar-refractivity contribution in [1.29, 1.82) is 0 Å². The summed E-state index contributed by atoms with van der Waals surface area (Å²) in [6, 6.07) is 0. The van der Waals surface area contributed by atoms with Gasteiger partial charge >= 0.3 is 0 Å². The van der Waals surface area contributed by atoms with Gasteiger partial charge in [-0.05, 0) is 32.6 Å². The van der Waals surface area contributed by atoms with Gasteiger partial charge in [-0.2, -0.15) is 0 Å². The maximum atomic E-state index is 8.82. The van der Waals surface area contributed by atoms with E-state index in [1.54, 1.807) is 0 Å². The second-order valence-corrected chi connectivity index (χ2v) is 4.16. The quantitative estimate of drug-likeness (QED) is 0.557. The molecule has 0 aromatic carbocycles. The van der Waals surface area contributed by atoms with Crippen molar-refractivity contribution in [2.75, 3.05) is 19.8 Å². The van der Waals surface area contributed by atoms with E-state index in [9.17, 15) is 0 Å². The number of aliphatic hydroxyl groups excluding tert-OH is 2. The Morgan fingerprint density at radius 1 is 1.22 bits per heavy atom. The van der Waals surface area contributed by atoms with E-state index >= 15 is 0 Å². The number of aliphatic hydroxyl groups is 2. The number of ether oxygens (including phenoxy) is 1. The lowest BCUT2D eigenvalue weighted by molar-refractivity contribution is 0.0164. The van der Waals surface area contributed by atoms with Gasteiger partial charge in [-0.15, -0.1) is 0 Å². The zero-order valence-corrected chi connectivity index (χ0v) is 11.3. The zero-order valence-electron chi connectivity index (χ0n) is 11.3. The first kappa shape index (κ1) is 17.1. The second-order valence-electron chi connectivity index (χ2n) is 4.16. The van der Waals surface area contributed by atoms with Crippen LogP contribution in [0.4, 0.5) is 0 Å². The summed E-state index contributed by atoms with van der Waals surface area (Å²) in [4.78, 5) is 0. The Labute approximate surface area is 110 Å². The van der Waals surface area contributed by atoms with Crippen molar-refractivity contribution in [2.45, 2.75) is 38.7 Å². The monoisotopic (exact) mass is 254 g/mol. The van der Waals surface area contributed by atoms with E-state index in [0.717, 1.165) is 31.3 Å². The minimum Gasteiger partial charge on any atom is -0.396 e. The van der Waals surface area contributed by atoms with Crippen molar-refractivity contribution in [1.82, 2.24) is 0 Å². The van der Waals surface area contributed by atoms with Gasteiger partial charge in [0.2, 0.25) is 0 Å². The van der Waals surface area contributed by atoms with Crippen molar-refractivity contribution in [3.63, 3.8) is 0 Å². The second kappa shape index (κ2) is 12.6. The van der Waals surface area contributed by atoms with Crippen LogP contribution < -0.4 is 0 Å². The molecule has 1 unspecified atom stereocenters. The van der Waals surface area contributed by atoms with Crippen LogP contribution in [0, 0.1) is 0 Å². The van der Waals surface area contributed by atoms with E-state index in [0.29, 0.717) is 6.61 Å². The van der Waals surface area contributed by atoms with Crippen LogP contribution in [0.15, 0.2) is 36.5 Å². The van der Waals surface area contributed by atoms with Crippen LogP contribution in [0.2, 0.25) is 0 Å². The predicted octanol–water partition coefficient (Wildman–Crippen LogP) is 2.61. The standard InChI is InChI=1S/C15H26O3/c1-3-4-5-7-14(2)9-10-15(8-6-11-16)18-13-12-17/h3-5,7,15-17H,2,6,8-13H2,1H3/b4-3-,7-5-. The molecule has 0 aromatic rings. The molecule has 0 bridgehead atoms. The number of hydrogen-bond donors (Lipinski definition) is 2. The molecule has 18 heavy (non-hydrogen) atoms. The van der Waals surface area contributed by atoms with Gasteiger partial charge in [0.15, 0.2) is 0 Å². The lowest BCUT2D eigenvalue weighted by Gasteiger charge is -2.17. The van der Waals surface area contributed by atoms with E-state index in [-0.39, 0.29) is 19.3 Å². The molecule has 0 aliphatic heterocycles. The molecule has 0 heterocycles. The van der Waals surface area contributed by atoms with Crippen LogP contribution in [-0.4, -0.2) is 36.1 Å². The molecule has 0 amide bonds. The molecule has 2 N–H and O–H groups in total. The molecule has 0 spiro atoms. The Morgan fingerprint density at radius 2 is 2.00 bits per heavy atom. The largest absolute Gasteiger partial charge is 0.396 e. The Morgan fingerprint density at radius 3 is 2.61 bits per heavy atom. The fourth-order valence-corrected chi connectivity index (χ4v) is 1.58. The van der Waals surface area contributed by atoms with E-state index in [1.165, 1.54) is 0 Å². The Bertz CT molecular complexity index is 248. The third-order valence-electron chi connectivity index (χ3n) is 2.55. The molecular formula is C15H26O3. The summed E-state index contributed by atoms with van der Waals surface area (Å²) < 4.78 is 5.53. The van der Waals surface area contributed by atoms with Gasteiger partial charge < -0.3 is 14.9 Å². The van der Waals surface area contributed by atoms with E-state index in [2.05, 4.69) is 6.58 Å². The fourth-order valence-electron chi connectivity index (χ4n) is 1.58. The van der Waals surface area contributed by atoms with Crippen molar-refractivity contribution in [2.24, 2.45) is 0 Å². The van der Waals surface area contributed by atoms with E-state index in [1.807, 2.05) is 31.2 Å². The summed E-state index contributed by atoms with van der Waals surface area (Å²) in [5, 5.41) is 17.6. The van der Waals surface area contributed by atoms with Crippen LogP contribution in [-0.2, 0) is 4.74 Å². The third kappa shape index (κ3) is 10.3. The first-order chi connectivity index (χ1) is 8.74. The zero-order chi connectivity index (χ0) is 13.6. The smallest absolute Gasteiger partial charge is 0.0701 e. The summed E-state index contributed by atoms with van der Waals surface area (Å²) >= 11 is 0. The fraction of sp³-hybridized carbons (Fsp3) is 0.600. The molecule has 0 rings (SSSR count). The molecule has 0 saturated carbocycles. The summed E-state index contributed by atoms with van der Waals surface area (Å²) in [7, 11) is 0. The number of hydrogen-bond acceptors (Lipinski definition) is 3. The summed E-state index contributed by atoms with van der Waals surface area (Å²) in [6.07, 6.45) is 11.3. The highest BCUT2D eigenvalue weighted by Gasteiger charge is 2.08. The molecule has 0 aromatic heterocycles. The molecule has 3 heteroatoms. The van der Waals surface area contributed by atoms with Crippen LogP contribution >= 0.6 is 0 Å². The molecule has 1 atom stereocenters. The van der Waals surface area contributed by atoms with Crippen LogP contribution in [0.25, 0.3) is 0 Å². The lowest BCUT2D eigenvalue weighted by atomic mass is 10.0. The Hall–Kier alpha value is -0.900. The molecule has 3 nitrogen and oxygen atoms in total. The highest BCUT2D eigenvalue weighted by molar-refractivity contribution is 5.18. The van der Waals surface area contributed by atoms with Gasteiger partial charge in [0.05, 0.1) is 19.3 Å². The van der Waals surface area contributed by atoms with Gasteiger partial charge in [-0.1, -0.05) is 36.5 Å². The minimum atomic E-state index is 0.0395. The number of allylic oxidation sites excluding steroid dienone is 5. The van der Waals surface area contributed by atoms with Crippen molar-refractivity contribution in [3.8, 4) is 0 Å². The number of rotatable bonds is 11. The van der Waals surface area contributed by atoms with E-state index in [4.69, 9.17) is 14.9 Å². The average Bonchev–Trinajstić information content (AvgIpc) is 2.38. The molecular weight excluding hydrogens is 228 g/mol. The van der Waals surface area contributed by atoms with Gasteiger partial charge in [0.25, 0.3) is 0 Å². The molecule has 0 radical (unpaired) electrons. The van der Waals surface area contributed by atoms with Crippen molar-refractivity contribution in [3.05, 3.63) is 36.5 Å². The van der Waals surface area contributed by atoms with Gasteiger partial charge in [0, 0.05) is 6.61 Å². The maximum absolute atomic E-state index is 8.82. The van der Waals surface area contributed by atoms with E-state index < -0.39 is 0 Å². The third-order valence-corrected chi connectivity index (χ3v) is 2.55. The van der Waals surface area contributed by atoms with Crippen molar-refractivity contribution < 1.29 is 14.9 Å². The van der Waals surface area contributed by atoms with Gasteiger partial charge in [0.1, 0.15) is 0 Å². The van der Waals surface area contributed by atoms with Crippen molar-refractivity contribution >= 4 is 0 Å². The minimum absolute atomic E-state index is 0.0395. The Balaban J connectivity index is 3.95.